The molecule has 1 aliphatic heterocycles. The second-order valence-electron chi connectivity index (χ2n) is 3.50. The minimum absolute atomic E-state index is 0.140. The SMILES string of the molecule is CCCCC[14C](=O)ON1C(=O)CCC1=O. The zero-order valence-electron chi connectivity index (χ0n) is 8.82. The van der Waals surface area contributed by atoms with Crippen molar-refractivity contribution in [3.8, 4) is 0 Å². The van der Waals surface area contributed by atoms with Gasteiger partial charge < -0.3 is 4.84 Å². The maximum absolute atomic E-state index is 11.2. The Morgan fingerprint density at radius 2 is 1.87 bits per heavy atom. The van der Waals surface area contributed by atoms with Gasteiger partial charge in [0.25, 0.3) is 11.8 Å². The first-order chi connectivity index (χ1) is 7.15. The van der Waals surface area contributed by atoms with Crippen LogP contribution in [0.1, 0.15) is 45.4 Å². The maximum atomic E-state index is 11.2. The minimum Gasteiger partial charge on any atom is -0.330 e. The lowest BCUT2D eigenvalue weighted by molar-refractivity contribution is -0.197. The number of amides is 2. The van der Waals surface area contributed by atoms with Crippen LogP contribution in [0.5, 0.6) is 0 Å². The third kappa shape index (κ3) is 3.34. The molecule has 1 aliphatic rings. The Morgan fingerprint density at radius 3 is 2.40 bits per heavy atom. The van der Waals surface area contributed by atoms with Gasteiger partial charge in [0.05, 0.1) is 0 Å². The minimum atomic E-state index is -0.507. The molecule has 1 fully saturated rings. The van der Waals surface area contributed by atoms with Gasteiger partial charge in [-0.1, -0.05) is 19.8 Å². The Kier molecular flexibility index (Phi) is 4.27. The Balaban J connectivity index is 2.31. The number of unbranched alkanes of at least 4 members (excludes halogenated alkanes) is 2. The van der Waals surface area contributed by atoms with Crippen molar-refractivity contribution < 1.29 is 19.2 Å². The predicted molar refractivity (Wildman–Crippen MR) is 51.3 cm³/mol. The second-order valence-corrected chi connectivity index (χ2v) is 3.50. The summed E-state index contributed by atoms with van der Waals surface area (Å²) in [4.78, 5) is 38.0. The van der Waals surface area contributed by atoms with Gasteiger partial charge in [0.2, 0.25) is 0 Å². The number of hydrogen-bond donors (Lipinski definition) is 0. The van der Waals surface area contributed by atoms with E-state index in [0.717, 1.165) is 19.3 Å². The highest BCUT2D eigenvalue weighted by Gasteiger charge is 2.32. The zero-order valence-corrected chi connectivity index (χ0v) is 8.82. The molecule has 5 heteroatoms. The van der Waals surface area contributed by atoms with Crippen LogP contribution in [0.25, 0.3) is 0 Å². The number of carbonyl (C=O) groups excluding carboxylic acids is 3. The van der Waals surface area contributed by atoms with Gasteiger partial charge in [-0.15, -0.1) is 5.06 Å². The van der Waals surface area contributed by atoms with Crippen LogP contribution in [0, 0.1) is 0 Å². The van der Waals surface area contributed by atoms with E-state index < -0.39 is 17.8 Å². The number of imide groups is 1. The predicted octanol–water partition coefficient (Wildman–Crippen LogP) is 1.17. The van der Waals surface area contributed by atoms with Gasteiger partial charge in [-0.25, -0.2) is 4.79 Å². The molecule has 1 heterocycles. The van der Waals surface area contributed by atoms with Crippen molar-refractivity contribution in [3.63, 3.8) is 0 Å². The van der Waals surface area contributed by atoms with Crippen LogP contribution >= 0.6 is 0 Å². The maximum Gasteiger partial charge on any atom is 0.333 e. The van der Waals surface area contributed by atoms with Gasteiger partial charge >= 0.3 is 5.97 Å². The number of hydroxylamine groups is 2. The monoisotopic (exact) mass is 215 g/mol. The van der Waals surface area contributed by atoms with E-state index in [4.69, 9.17) is 0 Å². The molecular weight excluding hydrogens is 200 g/mol. The number of hydrogen-bond acceptors (Lipinski definition) is 4. The summed E-state index contributed by atoms with van der Waals surface area (Å²) in [6, 6.07) is 0. The summed E-state index contributed by atoms with van der Waals surface area (Å²) < 4.78 is 0. The molecule has 0 aliphatic carbocycles. The highest BCUT2D eigenvalue weighted by molar-refractivity contribution is 6.01. The summed E-state index contributed by atoms with van der Waals surface area (Å²) in [5.41, 5.74) is 0. The number of nitrogens with zero attached hydrogens (tertiary/aromatic N) is 1. The third-order valence-corrected chi connectivity index (χ3v) is 2.18. The summed E-state index contributed by atoms with van der Waals surface area (Å²) in [7, 11) is 0. The van der Waals surface area contributed by atoms with Crippen LogP contribution in [-0.2, 0) is 19.2 Å². The van der Waals surface area contributed by atoms with Crippen molar-refractivity contribution in [2.75, 3.05) is 0 Å². The summed E-state index contributed by atoms with van der Waals surface area (Å²) in [6.07, 6.45) is 3.21. The summed E-state index contributed by atoms with van der Waals surface area (Å²) >= 11 is 0. The van der Waals surface area contributed by atoms with Crippen molar-refractivity contribution in [1.29, 1.82) is 0 Å². The van der Waals surface area contributed by atoms with E-state index in [-0.39, 0.29) is 19.3 Å². The largest absolute Gasteiger partial charge is 0.333 e. The van der Waals surface area contributed by atoms with Crippen molar-refractivity contribution >= 4 is 17.8 Å². The lowest BCUT2D eigenvalue weighted by Crippen LogP contribution is -2.31. The smallest absolute Gasteiger partial charge is 0.330 e. The molecule has 0 aromatic carbocycles. The average Bonchev–Trinajstić information content (AvgIpc) is 2.50. The van der Waals surface area contributed by atoms with E-state index in [0.29, 0.717) is 5.06 Å². The van der Waals surface area contributed by atoms with Gasteiger partial charge in [0.15, 0.2) is 0 Å². The lowest BCUT2D eigenvalue weighted by Gasteiger charge is -2.12. The molecule has 1 saturated heterocycles. The van der Waals surface area contributed by atoms with Crippen LogP contribution in [0.15, 0.2) is 0 Å². The molecule has 0 bridgehead atoms. The molecule has 0 aromatic rings. The van der Waals surface area contributed by atoms with Gasteiger partial charge in [-0.3, -0.25) is 9.59 Å². The van der Waals surface area contributed by atoms with Crippen LogP contribution in [0.2, 0.25) is 0 Å². The topological polar surface area (TPSA) is 63.7 Å². The van der Waals surface area contributed by atoms with E-state index in [2.05, 4.69) is 4.84 Å². The fraction of sp³-hybridized carbons (Fsp3) is 0.700. The molecule has 0 unspecified atom stereocenters. The first kappa shape index (κ1) is 11.7. The molecule has 15 heavy (non-hydrogen) atoms. The van der Waals surface area contributed by atoms with E-state index in [1.54, 1.807) is 0 Å². The van der Waals surface area contributed by atoms with Crippen LogP contribution in [-0.4, -0.2) is 22.8 Å². The van der Waals surface area contributed by atoms with Gasteiger partial charge in [0.1, 0.15) is 0 Å². The second kappa shape index (κ2) is 5.48. The number of carbonyl (C=O) groups is 3. The molecule has 0 saturated carbocycles. The van der Waals surface area contributed by atoms with Crippen molar-refractivity contribution in [3.05, 3.63) is 0 Å². The summed E-state index contributed by atoms with van der Waals surface area (Å²) in [5, 5.41) is 0.592. The molecule has 0 aromatic heterocycles. The molecule has 84 valence electrons. The average molecular weight is 215 g/mol. The standard InChI is InChI=1S/C10H15NO4/c1-2-3-4-5-10(14)15-11-8(12)6-7-9(11)13/h2-7H2,1H3/i10+2. The highest BCUT2D eigenvalue weighted by Crippen LogP contribution is 2.13. The van der Waals surface area contributed by atoms with Crippen molar-refractivity contribution in [1.82, 2.24) is 5.06 Å². The molecule has 1 rings (SSSR count). The molecule has 0 N–H and O–H groups in total. The molecular formula is C10H15NO4. The molecule has 0 radical (unpaired) electrons. The van der Waals surface area contributed by atoms with E-state index in [1.807, 2.05) is 6.92 Å². The molecule has 2 amide bonds. The Labute approximate surface area is 88.3 Å². The quantitative estimate of drug-likeness (QED) is 0.510. The Hall–Kier alpha value is -1.39. The van der Waals surface area contributed by atoms with E-state index in [1.165, 1.54) is 0 Å². The zero-order chi connectivity index (χ0) is 11.3. The molecule has 0 spiro atoms. The van der Waals surface area contributed by atoms with Crippen LogP contribution in [0.3, 0.4) is 0 Å². The van der Waals surface area contributed by atoms with Gasteiger partial charge in [-0.2, -0.15) is 0 Å². The molecule has 5 nitrogen and oxygen atoms in total. The van der Waals surface area contributed by atoms with Gasteiger partial charge in [-0.05, 0) is 6.42 Å². The van der Waals surface area contributed by atoms with E-state index >= 15 is 0 Å². The van der Waals surface area contributed by atoms with Crippen molar-refractivity contribution in [2.24, 2.45) is 0 Å². The number of rotatable bonds is 5. The Morgan fingerprint density at radius 1 is 1.27 bits per heavy atom. The Bertz CT molecular complexity index is 259. The highest BCUT2D eigenvalue weighted by atomic mass is 16.9. The van der Waals surface area contributed by atoms with Gasteiger partial charge in [0, 0.05) is 19.3 Å². The van der Waals surface area contributed by atoms with Crippen LogP contribution < -0.4 is 0 Å². The van der Waals surface area contributed by atoms with Crippen LogP contribution in [0.4, 0.5) is 0 Å². The molecule has 0 atom stereocenters. The summed E-state index contributed by atoms with van der Waals surface area (Å²) in [6.45, 7) is 2.03. The first-order valence-electron chi connectivity index (χ1n) is 5.21. The fourth-order valence-electron chi connectivity index (χ4n) is 1.32. The first-order valence-corrected chi connectivity index (χ1v) is 5.21. The third-order valence-electron chi connectivity index (χ3n) is 2.18. The van der Waals surface area contributed by atoms with E-state index in [9.17, 15) is 14.4 Å². The summed E-state index contributed by atoms with van der Waals surface area (Å²) in [5.74, 6) is -1.36. The lowest BCUT2D eigenvalue weighted by atomic mass is 10.3. The van der Waals surface area contributed by atoms with Crippen molar-refractivity contribution in [2.45, 2.75) is 45.4 Å². The normalized spacial score (nSPS) is 15.9. The fourth-order valence-corrected chi connectivity index (χ4v) is 1.32.